The first kappa shape index (κ1) is 16.0. The molecule has 0 spiro atoms. The number of aromatic nitrogens is 2. The van der Waals surface area contributed by atoms with E-state index in [0.29, 0.717) is 30.8 Å². The largest absolute Gasteiger partial charge is 0.481 e. The predicted molar refractivity (Wildman–Crippen MR) is 83.1 cm³/mol. The average molecular weight is 331 g/mol. The van der Waals surface area contributed by atoms with E-state index in [4.69, 9.17) is 9.52 Å². The highest BCUT2D eigenvalue weighted by molar-refractivity contribution is 5.77. The summed E-state index contributed by atoms with van der Waals surface area (Å²) >= 11 is 0. The summed E-state index contributed by atoms with van der Waals surface area (Å²) in [5.74, 6) is -1.27. The second-order valence-corrected chi connectivity index (χ2v) is 5.71. The van der Waals surface area contributed by atoms with Crippen LogP contribution in [0, 0.1) is 5.92 Å². The average Bonchev–Trinajstić information content (AvgIpc) is 3.11. The lowest BCUT2D eigenvalue weighted by molar-refractivity contribution is -0.145. The summed E-state index contributed by atoms with van der Waals surface area (Å²) in [4.78, 5) is 36.9. The number of hydrogen-bond acceptors (Lipinski definition) is 5. The summed E-state index contributed by atoms with van der Waals surface area (Å²) in [5.41, 5.74) is 0.0555. The van der Waals surface area contributed by atoms with Crippen LogP contribution in [0.15, 0.2) is 39.7 Å². The number of carbonyl (C=O) groups excluding carboxylic acids is 1. The van der Waals surface area contributed by atoms with Crippen molar-refractivity contribution in [2.24, 2.45) is 5.92 Å². The van der Waals surface area contributed by atoms with Crippen molar-refractivity contribution >= 4 is 11.9 Å². The first-order valence-corrected chi connectivity index (χ1v) is 7.67. The molecule has 1 aliphatic heterocycles. The molecule has 0 radical (unpaired) electrons. The molecule has 2 aromatic heterocycles. The van der Waals surface area contributed by atoms with Crippen molar-refractivity contribution in [3.05, 3.63) is 40.9 Å². The van der Waals surface area contributed by atoms with Gasteiger partial charge in [0.2, 0.25) is 5.91 Å². The van der Waals surface area contributed by atoms with Crippen LogP contribution in [0.3, 0.4) is 0 Å². The van der Waals surface area contributed by atoms with Crippen molar-refractivity contribution in [1.29, 1.82) is 0 Å². The van der Waals surface area contributed by atoms with Crippen LogP contribution in [0.4, 0.5) is 0 Å². The molecule has 1 amide bonds. The molecule has 8 nitrogen and oxygen atoms in total. The molecule has 0 aromatic carbocycles. The smallest absolute Gasteiger partial charge is 0.308 e. The standard InChI is InChI=1S/C16H17N3O5/c20-14-6-5-12(13-4-2-8-24-13)17-19(14)10-15(21)18-7-1-3-11(9-18)16(22)23/h2,4-6,8,11H,1,3,7,9-10H2,(H,22,23). The molecule has 0 bridgehead atoms. The SMILES string of the molecule is O=C(O)C1CCCN(C(=O)Cn2nc(-c3ccco3)ccc2=O)C1. The molecule has 8 heteroatoms. The van der Waals surface area contributed by atoms with Crippen molar-refractivity contribution in [1.82, 2.24) is 14.7 Å². The van der Waals surface area contributed by atoms with Gasteiger partial charge in [-0.3, -0.25) is 14.4 Å². The first-order chi connectivity index (χ1) is 11.5. The maximum atomic E-state index is 12.4. The van der Waals surface area contributed by atoms with Gasteiger partial charge in [0.1, 0.15) is 12.2 Å². The number of piperidine rings is 1. The van der Waals surface area contributed by atoms with Crippen LogP contribution in [-0.2, 0) is 16.1 Å². The number of carbonyl (C=O) groups is 2. The van der Waals surface area contributed by atoms with Gasteiger partial charge in [0.25, 0.3) is 5.56 Å². The van der Waals surface area contributed by atoms with E-state index in [1.165, 1.54) is 23.3 Å². The Balaban J connectivity index is 1.75. The Bertz CT molecular complexity index is 796. The molecule has 1 unspecified atom stereocenters. The van der Waals surface area contributed by atoms with Gasteiger partial charge in [0.15, 0.2) is 5.76 Å². The number of hydrogen-bond donors (Lipinski definition) is 1. The lowest BCUT2D eigenvalue weighted by atomic mass is 9.98. The first-order valence-electron chi connectivity index (χ1n) is 7.67. The van der Waals surface area contributed by atoms with Crippen molar-refractivity contribution in [3.63, 3.8) is 0 Å². The second-order valence-electron chi connectivity index (χ2n) is 5.71. The third-order valence-corrected chi connectivity index (χ3v) is 4.05. The lowest BCUT2D eigenvalue weighted by Gasteiger charge is -2.30. The maximum Gasteiger partial charge on any atom is 0.308 e. The number of rotatable bonds is 4. The van der Waals surface area contributed by atoms with Gasteiger partial charge in [-0.15, -0.1) is 0 Å². The normalized spacial score (nSPS) is 17.7. The second kappa shape index (κ2) is 6.69. The zero-order valence-corrected chi connectivity index (χ0v) is 12.9. The van der Waals surface area contributed by atoms with E-state index >= 15 is 0 Å². The molecule has 3 heterocycles. The van der Waals surface area contributed by atoms with Gasteiger partial charge in [0.05, 0.1) is 12.2 Å². The van der Waals surface area contributed by atoms with Crippen LogP contribution in [0.1, 0.15) is 12.8 Å². The minimum atomic E-state index is -0.900. The quantitative estimate of drug-likeness (QED) is 0.889. The van der Waals surface area contributed by atoms with Gasteiger partial charge in [-0.25, -0.2) is 4.68 Å². The third-order valence-electron chi connectivity index (χ3n) is 4.05. The van der Waals surface area contributed by atoms with E-state index in [1.807, 2.05) is 0 Å². The zero-order chi connectivity index (χ0) is 17.1. The monoisotopic (exact) mass is 331 g/mol. The molecule has 3 rings (SSSR count). The van der Waals surface area contributed by atoms with Crippen LogP contribution in [0.5, 0.6) is 0 Å². The minimum Gasteiger partial charge on any atom is -0.481 e. The fourth-order valence-corrected chi connectivity index (χ4v) is 2.75. The highest BCUT2D eigenvalue weighted by Gasteiger charge is 2.28. The van der Waals surface area contributed by atoms with Crippen molar-refractivity contribution < 1.29 is 19.1 Å². The summed E-state index contributed by atoms with van der Waals surface area (Å²) in [6.07, 6.45) is 2.69. The van der Waals surface area contributed by atoms with Crippen LogP contribution >= 0.6 is 0 Å². The summed E-state index contributed by atoms with van der Waals surface area (Å²) in [5, 5.41) is 13.2. The summed E-state index contributed by atoms with van der Waals surface area (Å²) in [6.45, 7) is 0.440. The fraction of sp³-hybridized carbons (Fsp3) is 0.375. The molecule has 126 valence electrons. The van der Waals surface area contributed by atoms with E-state index in [0.717, 1.165) is 4.68 Å². The zero-order valence-electron chi connectivity index (χ0n) is 12.9. The Hall–Kier alpha value is -2.90. The summed E-state index contributed by atoms with van der Waals surface area (Å²) in [7, 11) is 0. The molecule has 1 atom stereocenters. The minimum absolute atomic E-state index is 0.167. The van der Waals surface area contributed by atoms with Crippen molar-refractivity contribution in [2.75, 3.05) is 13.1 Å². The topological polar surface area (TPSA) is 106 Å². The molecular weight excluding hydrogens is 314 g/mol. The number of nitrogens with zero attached hydrogens (tertiary/aromatic N) is 3. The van der Waals surface area contributed by atoms with Gasteiger partial charge in [0, 0.05) is 19.2 Å². The Morgan fingerprint density at radius 1 is 1.33 bits per heavy atom. The Morgan fingerprint density at radius 3 is 2.88 bits per heavy atom. The number of carboxylic acid groups (broad SMARTS) is 1. The number of carboxylic acids is 1. The van der Waals surface area contributed by atoms with Crippen LogP contribution in [-0.4, -0.2) is 44.8 Å². The summed E-state index contributed by atoms with van der Waals surface area (Å²) in [6, 6.07) is 6.27. The summed E-state index contributed by atoms with van der Waals surface area (Å²) < 4.78 is 6.31. The van der Waals surface area contributed by atoms with Crippen molar-refractivity contribution in [3.8, 4) is 11.5 Å². The molecule has 1 N–H and O–H groups in total. The molecule has 1 fully saturated rings. The number of likely N-dealkylation sites (tertiary alicyclic amines) is 1. The van der Waals surface area contributed by atoms with E-state index in [1.54, 1.807) is 12.1 Å². The Labute approximate surface area is 137 Å². The highest BCUT2D eigenvalue weighted by atomic mass is 16.4. The van der Waals surface area contributed by atoms with Gasteiger partial charge in [-0.2, -0.15) is 5.10 Å². The van der Waals surface area contributed by atoms with Gasteiger partial charge >= 0.3 is 5.97 Å². The maximum absolute atomic E-state index is 12.4. The predicted octanol–water partition coefficient (Wildman–Crippen LogP) is 0.826. The van der Waals surface area contributed by atoms with E-state index < -0.39 is 17.4 Å². The fourth-order valence-electron chi connectivity index (χ4n) is 2.75. The number of amides is 1. The molecule has 0 aliphatic carbocycles. The molecule has 2 aromatic rings. The molecule has 24 heavy (non-hydrogen) atoms. The van der Waals surface area contributed by atoms with Crippen molar-refractivity contribution in [2.45, 2.75) is 19.4 Å². The van der Waals surface area contributed by atoms with Crippen LogP contribution < -0.4 is 5.56 Å². The molecule has 1 aliphatic rings. The van der Waals surface area contributed by atoms with Crippen LogP contribution in [0.2, 0.25) is 0 Å². The molecular formula is C16H17N3O5. The Morgan fingerprint density at radius 2 is 2.17 bits per heavy atom. The number of furan rings is 1. The third kappa shape index (κ3) is 3.37. The Kier molecular flexibility index (Phi) is 4.45. The van der Waals surface area contributed by atoms with Gasteiger partial charge in [-0.05, 0) is 31.0 Å². The van der Waals surface area contributed by atoms with Gasteiger partial charge < -0.3 is 14.4 Å². The van der Waals surface area contributed by atoms with E-state index in [9.17, 15) is 14.4 Å². The van der Waals surface area contributed by atoms with E-state index in [-0.39, 0.29) is 19.0 Å². The highest BCUT2D eigenvalue weighted by Crippen LogP contribution is 2.17. The molecule has 1 saturated heterocycles. The van der Waals surface area contributed by atoms with E-state index in [2.05, 4.69) is 5.10 Å². The van der Waals surface area contributed by atoms with Crippen LogP contribution in [0.25, 0.3) is 11.5 Å². The molecule has 0 saturated carbocycles. The van der Waals surface area contributed by atoms with Gasteiger partial charge in [-0.1, -0.05) is 0 Å². The lowest BCUT2D eigenvalue weighted by Crippen LogP contribution is -2.44. The number of aliphatic carboxylic acids is 1.